The van der Waals surface area contributed by atoms with E-state index in [-0.39, 0.29) is 11.8 Å². The maximum atomic E-state index is 12.7. The molecule has 0 spiro atoms. The molecule has 0 saturated carbocycles. The van der Waals surface area contributed by atoms with Crippen LogP contribution in [0.3, 0.4) is 0 Å². The molecule has 1 atom stereocenters. The number of likely N-dealkylation sites (tertiary alicyclic amines) is 1. The van der Waals surface area contributed by atoms with Gasteiger partial charge >= 0.3 is 0 Å². The minimum absolute atomic E-state index is 0.0306. The first-order valence-corrected chi connectivity index (χ1v) is 9.70. The summed E-state index contributed by atoms with van der Waals surface area (Å²) in [6.45, 7) is 2.01. The molecule has 2 aromatic carbocycles. The zero-order chi connectivity index (χ0) is 18.6. The average Bonchev–Trinajstić information content (AvgIpc) is 3.32. The molecule has 0 bridgehead atoms. The van der Waals surface area contributed by atoms with E-state index in [4.69, 9.17) is 0 Å². The number of benzene rings is 2. The lowest BCUT2D eigenvalue weighted by Gasteiger charge is -2.25. The van der Waals surface area contributed by atoms with Gasteiger partial charge in [0.2, 0.25) is 11.8 Å². The lowest BCUT2D eigenvalue weighted by Crippen LogP contribution is -2.33. The van der Waals surface area contributed by atoms with Crippen LogP contribution in [0.2, 0.25) is 0 Å². The van der Waals surface area contributed by atoms with Crippen LogP contribution < -0.4 is 10.2 Å². The highest BCUT2D eigenvalue weighted by Crippen LogP contribution is 2.32. The van der Waals surface area contributed by atoms with Gasteiger partial charge in [-0.1, -0.05) is 42.5 Å². The molecule has 2 aliphatic heterocycles. The number of carbonyl (C=O) groups excluding carboxylic acids is 2. The minimum atomic E-state index is -0.0306. The molecule has 27 heavy (non-hydrogen) atoms. The third-order valence-corrected chi connectivity index (χ3v) is 5.44. The van der Waals surface area contributed by atoms with Crippen molar-refractivity contribution in [3.63, 3.8) is 0 Å². The van der Waals surface area contributed by atoms with Crippen molar-refractivity contribution in [1.82, 2.24) is 4.90 Å². The van der Waals surface area contributed by atoms with Gasteiger partial charge in [0.15, 0.2) is 0 Å². The number of hydrogen-bond acceptors (Lipinski definition) is 3. The Kier molecular flexibility index (Phi) is 5.21. The number of anilines is 2. The van der Waals surface area contributed by atoms with Crippen molar-refractivity contribution < 1.29 is 9.59 Å². The lowest BCUT2D eigenvalue weighted by atomic mass is 10.0. The molecule has 5 nitrogen and oxygen atoms in total. The highest BCUT2D eigenvalue weighted by Gasteiger charge is 2.28. The summed E-state index contributed by atoms with van der Waals surface area (Å²) in [5.74, 6) is 0.0947. The van der Waals surface area contributed by atoms with Crippen molar-refractivity contribution >= 4 is 23.2 Å². The number of nitrogens with one attached hydrogen (secondary N) is 1. The molecule has 140 valence electrons. The Morgan fingerprint density at radius 3 is 2.56 bits per heavy atom. The van der Waals surface area contributed by atoms with Crippen molar-refractivity contribution in [1.29, 1.82) is 0 Å². The monoisotopic (exact) mass is 363 g/mol. The van der Waals surface area contributed by atoms with Gasteiger partial charge < -0.3 is 10.2 Å². The molecular weight excluding hydrogens is 338 g/mol. The smallest absolute Gasteiger partial charge is 0.238 e. The second kappa shape index (κ2) is 7.92. The zero-order valence-corrected chi connectivity index (χ0v) is 15.4. The van der Waals surface area contributed by atoms with E-state index in [1.165, 1.54) is 5.56 Å². The van der Waals surface area contributed by atoms with Crippen LogP contribution >= 0.6 is 0 Å². The second-order valence-corrected chi connectivity index (χ2v) is 7.25. The van der Waals surface area contributed by atoms with Gasteiger partial charge in [-0.15, -0.1) is 0 Å². The van der Waals surface area contributed by atoms with Crippen LogP contribution in [-0.2, 0) is 9.59 Å². The van der Waals surface area contributed by atoms with Crippen LogP contribution in [0.25, 0.3) is 0 Å². The molecule has 2 saturated heterocycles. The van der Waals surface area contributed by atoms with Crippen molar-refractivity contribution in [2.45, 2.75) is 31.7 Å². The SMILES string of the molecule is O=C(CN1CCCC1c1ccccc1)Nc1ccccc1N1CCCC1=O. The third kappa shape index (κ3) is 3.88. The summed E-state index contributed by atoms with van der Waals surface area (Å²) >= 11 is 0. The largest absolute Gasteiger partial charge is 0.323 e. The molecule has 5 heteroatoms. The fraction of sp³-hybridized carbons (Fsp3) is 0.364. The van der Waals surface area contributed by atoms with E-state index in [0.717, 1.165) is 31.5 Å². The Morgan fingerprint density at radius 1 is 1.00 bits per heavy atom. The second-order valence-electron chi connectivity index (χ2n) is 7.25. The van der Waals surface area contributed by atoms with E-state index in [1.54, 1.807) is 4.90 Å². The molecule has 2 aliphatic rings. The number of hydrogen-bond donors (Lipinski definition) is 1. The summed E-state index contributed by atoms with van der Waals surface area (Å²) in [7, 11) is 0. The predicted octanol–water partition coefficient (Wildman–Crippen LogP) is 3.59. The van der Waals surface area contributed by atoms with E-state index in [1.807, 2.05) is 30.3 Å². The molecule has 2 heterocycles. The predicted molar refractivity (Wildman–Crippen MR) is 107 cm³/mol. The molecule has 0 aliphatic carbocycles. The molecule has 4 rings (SSSR count). The van der Waals surface area contributed by atoms with Gasteiger partial charge in [-0.05, 0) is 43.5 Å². The van der Waals surface area contributed by atoms with E-state index in [0.29, 0.717) is 31.2 Å². The molecular formula is C22H25N3O2. The Bertz CT molecular complexity index is 821. The van der Waals surface area contributed by atoms with Crippen LogP contribution in [0.5, 0.6) is 0 Å². The summed E-state index contributed by atoms with van der Waals surface area (Å²) in [6, 6.07) is 18.3. The molecule has 0 aromatic heterocycles. The Morgan fingerprint density at radius 2 is 1.78 bits per heavy atom. The minimum Gasteiger partial charge on any atom is -0.323 e. The maximum Gasteiger partial charge on any atom is 0.238 e. The van der Waals surface area contributed by atoms with E-state index in [2.05, 4.69) is 34.5 Å². The van der Waals surface area contributed by atoms with Gasteiger partial charge in [0.1, 0.15) is 0 Å². The first-order chi connectivity index (χ1) is 13.2. The van der Waals surface area contributed by atoms with Crippen LogP contribution in [0.4, 0.5) is 11.4 Å². The standard InChI is InChI=1S/C22H25N3O2/c26-21(16-24-14-6-12-19(24)17-8-2-1-3-9-17)23-18-10-4-5-11-20(18)25-15-7-13-22(25)27/h1-5,8-11,19H,6-7,12-16H2,(H,23,26). The Labute approximate surface area is 160 Å². The molecule has 1 unspecified atom stereocenters. The van der Waals surface area contributed by atoms with E-state index in [9.17, 15) is 9.59 Å². The average molecular weight is 363 g/mol. The van der Waals surface area contributed by atoms with Gasteiger partial charge in [-0.25, -0.2) is 0 Å². The van der Waals surface area contributed by atoms with Gasteiger partial charge in [-0.3, -0.25) is 14.5 Å². The number of rotatable bonds is 5. The first kappa shape index (κ1) is 17.7. The number of nitrogens with zero attached hydrogens (tertiary/aromatic N) is 2. The highest BCUT2D eigenvalue weighted by molar-refractivity contribution is 6.02. The number of para-hydroxylation sites is 2. The summed E-state index contributed by atoms with van der Waals surface area (Å²) in [6.07, 6.45) is 3.63. The zero-order valence-electron chi connectivity index (χ0n) is 15.4. The molecule has 0 radical (unpaired) electrons. The van der Waals surface area contributed by atoms with E-state index < -0.39 is 0 Å². The van der Waals surface area contributed by atoms with Crippen LogP contribution in [-0.4, -0.2) is 36.3 Å². The number of amides is 2. The quantitative estimate of drug-likeness (QED) is 0.883. The topological polar surface area (TPSA) is 52.7 Å². The summed E-state index contributed by atoms with van der Waals surface area (Å²) in [5, 5.41) is 3.03. The number of carbonyl (C=O) groups is 2. The summed E-state index contributed by atoms with van der Waals surface area (Å²) in [5.41, 5.74) is 2.79. The maximum absolute atomic E-state index is 12.7. The fourth-order valence-electron chi connectivity index (χ4n) is 4.16. The van der Waals surface area contributed by atoms with Crippen molar-refractivity contribution in [2.24, 2.45) is 0 Å². The summed E-state index contributed by atoms with van der Waals surface area (Å²) in [4.78, 5) is 28.9. The Balaban J connectivity index is 1.45. The van der Waals surface area contributed by atoms with E-state index >= 15 is 0 Å². The Hall–Kier alpha value is -2.66. The summed E-state index contributed by atoms with van der Waals surface area (Å²) < 4.78 is 0. The van der Waals surface area contributed by atoms with Crippen LogP contribution in [0.15, 0.2) is 54.6 Å². The fourth-order valence-corrected chi connectivity index (χ4v) is 4.16. The van der Waals surface area contributed by atoms with Gasteiger partial charge in [0.05, 0.1) is 17.9 Å². The molecule has 2 aromatic rings. The third-order valence-electron chi connectivity index (χ3n) is 5.44. The van der Waals surface area contributed by atoms with Crippen molar-refractivity contribution in [3.8, 4) is 0 Å². The van der Waals surface area contributed by atoms with Crippen LogP contribution in [0, 0.1) is 0 Å². The molecule has 1 N–H and O–H groups in total. The first-order valence-electron chi connectivity index (χ1n) is 9.70. The van der Waals surface area contributed by atoms with Crippen LogP contribution in [0.1, 0.15) is 37.3 Å². The van der Waals surface area contributed by atoms with Crippen molar-refractivity contribution in [3.05, 3.63) is 60.2 Å². The van der Waals surface area contributed by atoms with Crippen molar-refractivity contribution in [2.75, 3.05) is 29.9 Å². The van der Waals surface area contributed by atoms with Gasteiger partial charge in [0.25, 0.3) is 0 Å². The molecule has 2 fully saturated rings. The molecule has 2 amide bonds. The van der Waals surface area contributed by atoms with Gasteiger partial charge in [-0.2, -0.15) is 0 Å². The lowest BCUT2D eigenvalue weighted by molar-refractivity contribution is -0.118. The van der Waals surface area contributed by atoms with Gasteiger partial charge in [0, 0.05) is 19.0 Å². The highest BCUT2D eigenvalue weighted by atomic mass is 16.2. The normalized spacial score (nSPS) is 20.2.